The van der Waals surface area contributed by atoms with Crippen molar-refractivity contribution in [1.82, 2.24) is 14.8 Å². The van der Waals surface area contributed by atoms with E-state index in [-0.39, 0.29) is 5.91 Å². The highest BCUT2D eigenvalue weighted by atomic mass is 19.4. The fourth-order valence-corrected chi connectivity index (χ4v) is 3.94. The second kappa shape index (κ2) is 9.53. The van der Waals surface area contributed by atoms with Crippen LogP contribution in [-0.2, 0) is 24.1 Å². The van der Waals surface area contributed by atoms with Gasteiger partial charge < -0.3 is 4.90 Å². The monoisotopic (exact) mass is 439 g/mol. The van der Waals surface area contributed by atoms with Crippen LogP contribution >= 0.6 is 0 Å². The van der Waals surface area contributed by atoms with Crippen LogP contribution in [0.5, 0.6) is 0 Å². The molecule has 1 aliphatic rings. The summed E-state index contributed by atoms with van der Waals surface area (Å²) in [5, 5.41) is 0. The van der Waals surface area contributed by atoms with Crippen LogP contribution in [-0.4, -0.2) is 40.3 Å². The van der Waals surface area contributed by atoms with E-state index in [2.05, 4.69) is 28.1 Å². The van der Waals surface area contributed by atoms with Gasteiger partial charge in [-0.15, -0.1) is 0 Å². The molecule has 1 amide bonds. The van der Waals surface area contributed by atoms with Crippen LogP contribution in [0.15, 0.2) is 72.9 Å². The Hall–Kier alpha value is -3.19. The standard InChI is InChI=1S/C25H24F3N3O/c26-25(27,28)23-11-10-19(16-29-23)17-30-13-12-24(32)31(15-14-30)18-21-8-4-5-9-22(21)20-6-2-1-3-7-20/h1-11,16H,12-15,17-18H2. The summed E-state index contributed by atoms with van der Waals surface area (Å²) in [6.07, 6.45) is -2.80. The Morgan fingerprint density at radius 2 is 1.59 bits per heavy atom. The van der Waals surface area contributed by atoms with Gasteiger partial charge in [0, 0.05) is 45.3 Å². The molecule has 0 radical (unpaired) electrons. The fraction of sp³-hybridized carbons (Fsp3) is 0.280. The number of rotatable bonds is 5. The number of hydrogen-bond donors (Lipinski definition) is 0. The molecule has 1 aliphatic heterocycles. The van der Waals surface area contributed by atoms with Crippen LogP contribution in [0.1, 0.15) is 23.2 Å². The molecular formula is C25H24F3N3O. The lowest BCUT2D eigenvalue weighted by atomic mass is 9.99. The second-order valence-electron chi connectivity index (χ2n) is 7.91. The zero-order valence-electron chi connectivity index (χ0n) is 17.6. The van der Waals surface area contributed by atoms with E-state index in [1.165, 1.54) is 12.3 Å². The summed E-state index contributed by atoms with van der Waals surface area (Å²) in [4.78, 5) is 20.3. The Morgan fingerprint density at radius 3 is 2.31 bits per heavy atom. The normalized spacial score (nSPS) is 15.6. The first-order valence-corrected chi connectivity index (χ1v) is 10.6. The van der Waals surface area contributed by atoms with Crippen molar-refractivity contribution in [3.63, 3.8) is 0 Å². The van der Waals surface area contributed by atoms with E-state index >= 15 is 0 Å². The highest BCUT2D eigenvalue weighted by Gasteiger charge is 2.32. The molecule has 1 saturated heterocycles. The topological polar surface area (TPSA) is 36.4 Å². The van der Waals surface area contributed by atoms with Crippen LogP contribution in [0.25, 0.3) is 11.1 Å². The fourth-order valence-electron chi connectivity index (χ4n) is 3.94. The largest absolute Gasteiger partial charge is 0.433 e. The number of hydrogen-bond acceptors (Lipinski definition) is 3. The van der Waals surface area contributed by atoms with Gasteiger partial charge in [0.2, 0.25) is 5.91 Å². The van der Waals surface area contributed by atoms with E-state index in [1.807, 2.05) is 41.3 Å². The minimum absolute atomic E-state index is 0.0842. The smallest absolute Gasteiger partial charge is 0.337 e. The van der Waals surface area contributed by atoms with Gasteiger partial charge >= 0.3 is 6.18 Å². The van der Waals surface area contributed by atoms with Gasteiger partial charge in [-0.2, -0.15) is 13.2 Å². The van der Waals surface area contributed by atoms with Gasteiger partial charge in [-0.05, 0) is 28.3 Å². The third-order valence-corrected chi connectivity index (χ3v) is 5.67. The van der Waals surface area contributed by atoms with Crippen molar-refractivity contribution in [2.75, 3.05) is 19.6 Å². The summed E-state index contributed by atoms with van der Waals surface area (Å²) in [5.74, 6) is 0.0842. The summed E-state index contributed by atoms with van der Waals surface area (Å²) in [5.41, 5.74) is 3.12. The number of carbonyl (C=O) groups is 1. The Labute approximate surface area is 185 Å². The molecule has 0 spiro atoms. The molecule has 0 N–H and O–H groups in total. The lowest BCUT2D eigenvalue weighted by molar-refractivity contribution is -0.141. The summed E-state index contributed by atoms with van der Waals surface area (Å²) >= 11 is 0. The summed E-state index contributed by atoms with van der Waals surface area (Å²) in [6.45, 7) is 2.78. The molecule has 0 aliphatic carbocycles. The maximum atomic E-state index is 12.8. The van der Waals surface area contributed by atoms with Crippen molar-refractivity contribution in [2.45, 2.75) is 25.7 Å². The molecule has 0 unspecified atom stereocenters. The molecular weight excluding hydrogens is 415 g/mol. The Morgan fingerprint density at radius 1 is 0.844 bits per heavy atom. The molecule has 0 bridgehead atoms. The van der Waals surface area contributed by atoms with E-state index in [9.17, 15) is 18.0 Å². The minimum Gasteiger partial charge on any atom is -0.337 e. The first kappa shape index (κ1) is 22.0. The van der Waals surface area contributed by atoms with Crippen molar-refractivity contribution in [3.8, 4) is 11.1 Å². The molecule has 2 aromatic carbocycles. The molecule has 7 heteroatoms. The number of halogens is 3. The summed E-state index contributed by atoms with van der Waals surface area (Å²) in [7, 11) is 0. The first-order chi connectivity index (χ1) is 15.4. The number of pyridine rings is 1. The Kier molecular flexibility index (Phi) is 6.55. The summed E-state index contributed by atoms with van der Waals surface area (Å²) < 4.78 is 38.2. The highest BCUT2D eigenvalue weighted by Crippen LogP contribution is 2.28. The van der Waals surface area contributed by atoms with E-state index in [0.717, 1.165) is 22.8 Å². The minimum atomic E-state index is -4.44. The molecule has 1 fully saturated rings. The Bertz CT molecular complexity index is 1050. The van der Waals surface area contributed by atoms with Gasteiger partial charge in [-0.3, -0.25) is 14.7 Å². The zero-order valence-corrected chi connectivity index (χ0v) is 17.6. The van der Waals surface area contributed by atoms with Crippen LogP contribution in [0.2, 0.25) is 0 Å². The third-order valence-electron chi connectivity index (χ3n) is 5.67. The van der Waals surface area contributed by atoms with E-state index in [4.69, 9.17) is 0 Å². The van der Waals surface area contributed by atoms with Crippen molar-refractivity contribution < 1.29 is 18.0 Å². The molecule has 166 valence electrons. The van der Waals surface area contributed by atoms with Crippen molar-refractivity contribution in [1.29, 1.82) is 0 Å². The average Bonchev–Trinajstić information content (AvgIpc) is 2.96. The maximum Gasteiger partial charge on any atom is 0.433 e. The Balaban J connectivity index is 1.42. The molecule has 2 heterocycles. The third kappa shape index (κ3) is 5.34. The number of nitrogens with zero attached hydrogens (tertiary/aromatic N) is 3. The number of carbonyl (C=O) groups excluding carboxylic acids is 1. The number of amides is 1. The number of aromatic nitrogens is 1. The average molecular weight is 439 g/mol. The number of benzene rings is 2. The summed E-state index contributed by atoms with van der Waals surface area (Å²) in [6, 6.07) is 20.6. The maximum absolute atomic E-state index is 12.8. The van der Waals surface area contributed by atoms with Gasteiger partial charge in [-0.25, -0.2) is 0 Å². The molecule has 32 heavy (non-hydrogen) atoms. The SMILES string of the molecule is O=C1CCN(Cc2ccc(C(F)(F)F)nc2)CCN1Cc1ccccc1-c1ccccc1. The molecule has 0 atom stereocenters. The van der Waals surface area contributed by atoms with Crippen molar-refractivity contribution in [3.05, 3.63) is 89.7 Å². The van der Waals surface area contributed by atoms with E-state index in [1.54, 1.807) is 0 Å². The van der Waals surface area contributed by atoms with Crippen LogP contribution in [0.4, 0.5) is 13.2 Å². The molecule has 1 aromatic heterocycles. The van der Waals surface area contributed by atoms with Crippen LogP contribution in [0, 0.1) is 0 Å². The zero-order chi connectivity index (χ0) is 22.6. The van der Waals surface area contributed by atoms with Crippen molar-refractivity contribution >= 4 is 5.91 Å². The van der Waals surface area contributed by atoms with Gasteiger partial charge in [0.25, 0.3) is 0 Å². The van der Waals surface area contributed by atoms with Crippen LogP contribution in [0.3, 0.4) is 0 Å². The van der Waals surface area contributed by atoms with Gasteiger partial charge in [0.05, 0.1) is 0 Å². The quantitative estimate of drug-likeness (QED) is 0.561. The van der Waals surface area contributed by atoms with E-state index < -0.39 is 11.9 Å². The van der Waals surface area contributed by atoms with E-state index in [0.29, 0.717) is 44.7 Å². The molecule has 0 saturated carbocycles. The predicted octanol–water partition coefficient (Wildman–Crippen LogP) is 5.00. The lowest BCUT2D eigenvalue weighted by Gasteiger charge is -2.23. The molecule has 4 rings (SSSR count). The van der Waals surface area contributed by atoms with Crippen molar-refractivity contribution in [2.24, 2.45) is 0 Å². The molecule has 3 aromatic rings. The van der Waals surface area contributed by atoms with Crippen LogP contribution < -0.4 is 0 Å². The lowest BCUT2D eigenvalue weighted by Crippen LogP contribution is -2.32. The highest BCUT2D eigenvalue weighted by molar-refractivity contribution is 5.77. The number of alkyl halides is 3. The second-order valence-corrected chi connectivity index (χ2v) is 7.91. The van der Waals surface area contributed by atoms with Gasteiger partial charge in [0.1, 0.15) is 5.69 Å². The van der Waals surface area contributed by atoms with Gasteiger partial charge in [-0.1, -0.05) is 60.7 Å². The first-order valence-electron chi connectivity index (χ1n) is 10.6. The van der Waals surface area contributed by atoms with Gasteiger partial charge in [0.15, 0.2) is 0 Å². The predicted molar refractivity (Wildman–Crippen MR) is 116 cm³/mol. The molecule has 4 nitrogen and oxygen atoms in total.